The molecule has 0 aromatic rings. The summed E-state index contributed by atoms with van der Waals surface area (Å²) in [5.41, 5.74) is 0. The Morgan fingerprint density at radius 2 is 1.90 bits per heavy atom. The largest absolute Gasteiger partial charge is 0.379 e. The summed E-state index contributed by atoms with van der Waals surface area (Å²) in [6, 6.07) is 0. The van der Waals surface area contributed by atoms with Gasteiger partial charge in [-0.05, 0) is 13.0 Å². The molecule has 2 nitrogen and oxygen atoms in total. The first kappa shape index (κ1) is 10.7. The third-order valence-corrected chi connectivity index (χ3v) is 1.64. The molecule has 0 aromatic carbocycles. The van der Waals surface area contributed by atoms with E-state index in [0.717, 1.165) is 26.3 Å². The highest BCUT2D eigenvalue weighted by molar-refractivity contribution is 14.0. The number of morpholine rings is 1. The van der Waals surface area contributed by atoms with E-state index < -0.39 is 0 Å². The van der Waals surface area contributed by atoms with E-state index in [9.17, 15) is 0 Å². The Hall–Kier alpha value is 0.650. The summed E-state index contributed by atoms with van der Waals surface area (Å²) >= 11 is 0. The summed E-state index contributed by atoms with van der Waals surface area (Å²) in [6.45, 7) is 7.58. The second kappa shape index (κ2) is 6.37. The van der Waals surface area contributed by atoms with Crippen molar-refractivity contribution in [3.05, 3.63) is 0 Å². The highest BCUT2D eigenvalue weighted by atomic mass is 127. The van der Waals surface area contributed by atoms with E-state index in [-0.39, 0.29) is 24.0 Å². The highest BCUT2D eigenvalue weighted by Gasteiger charge is 2.07. The average Bonchev–Trinajstić information content (AvgIpc) is 1.91. The van der Waals surface area contributed by atoms with Crippen molar-refractivity contribution < 1.29 is 4.74 Å². The molecule has 0 aromatic heterocycles. The molecule has 62 valence electrons. The molecule has 1 aliphatic heterocycles. The number of ether oxygens (including phenoxy) is 1. The first-order chi connectivity index (χ1) is 4.43. The maximum Gasteiger partial charge on any atom is 0.0594 e. The Labute approximate surface area is 79.9 Å². The zero-order valence-corrected chi connectivity index (χ0v) is 8.84. The molecule has 0 N–H and O–H groups in total. The van der Waals surface area contributed by atoms with Crippen molar-refractivity contribution in [3.63, 3.8) is 0 Å². The number of nitrogens with zero attached hydrogens (tertiary/aromatic N) is 1. The van der Waals surface area contributed by atoms with Gasteiger partial charge in [-0.25, -0.2) is 0 Å². The van der Waals surface area contributed by atoms with Crippen LogP contribution in [0.15, 0.2) is 0 Å². The van der Waals surface area contributed by atoms with Crippen LogP contribution in [0.2, 0.25) is 0 Å². The highest BCUT2D eigenvalue weighted by Crippen LogP contribution is 1.96. The molecule has 1 rings (SSSR count). The van der Waals surface area contributed by atoms with Crippen LogP contribution in [-0.4, -0.2) is 37.7 Å². The number of hydrogen-bond donors (Lipinski definition) is 0. The van der Waals surface area contributed by atoms with Gasteiger partial charge in [0.25, 0.3) is 0 Å². The van der Waals surface area contributed by atoms with Gasteiger partial charge in [0.2, 0.25) is 0 Å². The molecule has 1 heterocycles. The van der Waals surface area contributed by atoms with Crippen LogP contribution in [-0.2, 0) is 4.74 Å². The molecule has 0 spiro atoms. The van der Waals surface area contributed by atoms with Crippen LogP contribution >= 0.6 is 24.0 Å². The van der Waals surface area contributed by atoms with Gasteiger partial charge in [-0.3, -0.25) is 4.90 Å². The molecule has 0 amide bonds. The number of halogens is 1. The molecule has 1 fully saturated rings. The Kier molecular flexibility index (Phi) is 6.78. The van der Waals surface area contributed by atoms with Crippen LogP contribution in [0.1, 0.15) is 13.3 Å². The third kappa shape index (κ3) is 3.73. The molecule has 3 heteroatoms. The van der Waals surface area contributed by atoms with Crippen LogP contribution in [0.25, 0.3) is 0 Å². The summed E-state index contributed by atoms with van der Waals surface area (Å²) < 4.78 is 5.20. The monoisotopic (exact) mass is 257 g/mol. The molecular formula is C7H16INO. The smallest absolute Gasteiger partial charge is 0.0594 e. The van der Waals surface area contributed by atoms with E-state index in [0.29, 0.717) is 0 Å². The van der Waals surface area contributed by atoms with E-state index in [1.807, 2.05) is 0 Å². The molecule has 0 aliphatic carbocycles. The van der Waals surface area contributed by atoms with Gasteiger partial charge in [-0.2, -0.15) is 0 Å². The van der Waals surface area contributed by atoms with E-state index in [1.54, 1.807) is 0 Å². The zero-order chi connectivity index (χ0) is 6.53. The van der Waals surface area contributed by atoms with Crippen molar-refractivity contribution in [2.45, 2.75) is 13.3 Å². The summed E-state index contributed by atoms with van der Waals surface area (Å²) in [4.78, 5) is 2.45. The van der Waals surface area contributed by atoms with Gasteiger partial charge < -0.3 is 4.74 Å². The molecular weight excluding hydrogens is 241 g/mol. The Bertz CT molecular complexity index is 71.3. The van der Waals surface area contributed by atoms with E-state index in [1.165, 1.54) is 13.0 Å². The van der Waals surface area contributed by atoms with Crippen LogP contribution < -0.4 is 0 Å². The lowest BCUT2D eigenvalue weighted by Gasteiger charge is -2.25. The lowest BCUT2D eigenvalue weighted by atomic mass is 10.4. The lowest BCUT2D eigenvalue weighted by molar-refractivity contribution is 0.0380. The Morgan fingerprint density at radius 3 is 2.40 bits per heavy atom. The van der Waals surface area contributed by atoms with Gasteiger partial charge in [-0.1, -0.05) is 6.92 Å². The van der Waals surface area contributed by atoms with Crippen LogP contribution in [0.3, 0.4) is 0 Å². The van der Waals surface area contributed by atoms with Crippen molar-refractivity contribution in [1.82, 2.24) is 4.90 Å². The second-order valence-corrected chi connectivity index (χ2v) is 2.45. The summed E-state index contributed by atoms with van der Waals surface area (Å²) in [5, 5.41) is 0. The van der Waals surface area contributed by atoms with E-state index in [2.05, 4.69) is 11.8 Å². The maximum atomic E-state index is 5.20. The fraction of sp³-hybridized carbons (Fsp3) is 1.00. The van der Waals surface area contributed by atoms with Crippen molar-refractivity contribution in [1.29, 1.82) is 0 Å². The van der Waals surface area contributed by atoms with Crippen molar-refractivity contribution in [3.8, 4) is 0 Å². The average molecular weight is 257 g/mol. The topological polar surface area (TPSA) is 12.5 Å². The van der Waals surface area contributed by atoms with Crippen LogP contribution in [0, 0.1) is 0 Å². The van der Waals surface area contributed by atoms with Gasteiger partial charge in [-0.15, -0.1) is 24.0 Å². The van der Waals surface area contributed by atoms with Crippen molar-refractivity contribution >= 4 is 24.0 Å². The van der Waals surface area contributed by atoms with Gasteiger partial charge in [0.15, 0.2) is 0 Å². The van der Waals surface area contributed by atoms with Crippen molar-refractivity contribution in [2.24, 2.45) is 0 Å². The quantitative estimate of drug-likeness (QED) is 0.692. The zero-order valence-electron chi connectivity index (χ0n) is 6.51. The first-order valence-corrected chi connectivity index (χ1v) is 3.73. The van der Waals surface area contributed by atoms with Gasteiger partial charge in [0, 0.05) is 13.1 Å². The molecule has 0 bridgehead atoms. The third-order valence-electron chi connectivity index (χ3n) is 1.64. The van der Waals surface area contributed by atoms with E-state index >= 15 is 0 Å². The molecule has 0 unspecified atom stereocenters. The fourth-order valence-electron chi connectivity index (χ4n) is 1.14. The minimum absolute atomic E-state index is 0. The normalized spacial score (nSPS) is 20.1. The minimum Gasteiger partial charge on any atom is -0.379 e. The molecule has 0 radical (unpaired) electrons. The summed E-state index contributed by atoms with van der Waals surface area (Å²) in [6.07, 6.45) is 1.26. The predicted octanol–water partition coefficient (Wildman–Crippen LogP) is 1.35. The predicted molar refractivity (Wildman–Crippen MR) is 53.0 cm³/mol. The molecule has 0 atom stereocenters. The Balaban J connectivity index is 0.000000810. The van der Waals surface area contributed by atoms with Crippen LogP contribution in [0.4, 0.5) is 0 Å². The molecule has 1 saturated heterocycles. The van der Waals surface area contributed by atoms with Gasteiger partial charge >= 0.3 is 0 Å². The maximum absolute atomic E-state index is 5.20. The fourth-order valence-corrected chi connectivity index (χ4v) is 1.14. The molecule has 10 heavy (non-hydrogen) atoms. The first-order valence-electron chi connectivity index (χ1n) is 3.73. The van der Waals surface area contributed by atoms with E-state index in [4.69, 9.17) is 4.74 Å². The molecule has 0 saturated carbocycles. The SMILES string of the molecule is CCCN1CCOCC1.I. The van der Waals surface area contributed by atoms with Gasteiger partial charge in [0.05, 0.1) is 13.2 Å². The second-order valence-electron chi connectivity index (χ2n) is 2.45. The minimum atomic E-state index is 0. The van der Waals surface area contributed by atoms with Gasteiger partial charge in [0.1, 0.15) is 0 Å². The summed E-state index contributed by atoms with van der Waals surface area (Å²) in [5.74, 6) is 0. The lowest BCUT2D eigenvalue weighted by Crippen LogP contribution is -2.36. The number of hydrogen-bond acceptors (Lipinski definition) is 2. The Morgan fingerprint density at radius 1 is 1.30 bits per heavy atom. The van der Waals surface area contributed by atoms with Crippen molar-refractivity contribution in [2.75, 3.05) is 32.8 Å². The summed E-state index contributed by atoms with van der Waals surface area (Å²) in [7, 11) is 0. The molecule has 1 aliphatic rings. The number of rotatable bonds is 2. The van der Waals surface area contributed by atoms with Crippen LogP contribution in [0.5, 0.6) is 0 Å². The standard InChI is InChI=1S/C7H15NO.HI/c1-2-3-8-4-6-9-7-5-8;/h2-7H2,1H3;1H.